The Bertz CT molecular complexity index is 321. The van der Waals surface area contributed by atoms with Crippen LogP contribution in [0.5, 0.6) is 5.75 Å². The largest absolute Gasteiger partial charge is 0.493 e. The highest BCUT2D eigenvalue weighted by Crippen LogP contribution is 2.23. The van der Waals surface area contributed by atoms with Gasteiger partial charge in [-0.2, -0.15) is 0 Å². The number of rotatable bonds is 3. The summed E-state index contributed by atoms with van der Waals surface area (Å²) in [5, 5.41) is 0. The van der Waals surface area contributed by atoms with E-state index >= 15 is 0 Å². The van der Waals surface area contributed by atoms with E-state index in [1.54, 1.807) is 6.92 Å². The molecule has 13 heavy (non-hydrogen) atoms. The first-order valence-electron chi connectivity index (χ1n) is 4.07. The standard InChI is InChI=1S/C10H11FO2/c1-3-13-10-7(2)4-9(11)5-8(10)6-12/h4-6H,3H2,1-2H3. The molecule has 0 amide bonds. The second-order valence-electron chi connectivity index (χ2n) is 2.69. The minimum absolute atomic E-state index is 0.263. The molecule has 0 saturated heterocycles. The number of aryl methyl sites for hydroxylation is 1. The number of halogens is 1. The summed E-state index contributed by atoms with van der Waals surface area (Å²) in [6, 6.07) is 2.52. The molecule has 0 heterocycles. The molecule has 0 radical (unpaired) electrons. The van der Waals surface area contributed by atoms with Crippen molar-refractivity contribution in [2.45, 2.75) is 13.8 Å². The van der Waals surface area contributed by atoms with Gasteiger partial charge >= 0.3 is 0 Å². The highest BCUT2D eigenvalue weighted by Gasteiger charge is 2.08. The second kappa shape index (κ2) is 4.03. The predicted octanol–water partition coefficient (Wildman–Crippen LogP) is 2.35. The Kier molecular flexibility index (Phi) is 3.01. The number of carbonyl (C=O) groups is 1. The zero-order valence-corrected chi connectivity index (χ0v) is 7.63. The molecular weight excluding hydrogens is 171 g/mol. The third kappa shape index (κ3) is 2.05. The van der Waals surface area contributed by atoms with Crippen LogP contribution >= 0.6 is 0 Å². The van der Waals surface area contributed by atoms with Crippen LogP contribution in [0, 0.1) is 12.7 Å². The van der Waals surface area contributed by atoms with Crippen molar-refractivity contribution in [3.8, 4) is 5.75 Å². The van der Waals surface area contributed by atoms with Gasteiger partial charge in [0.25, 0.3) is 0 Å². The number of carbonyl (C=O) groups excluding carboxylic acids is 1. The molecule has 0 atom stereocenters. The summed E-state index contributed by atoms with van der Waals surface area (Å²) in [6.45, 7) is 3.99. The zero-order chi connectivity index (χ0) is 9.84. The molecule has 0 aliphatic heterocycles. The van der Waals surface area contributed by atoms with E-state index in [1.807, 2.05) is 6.92 Å². The van der Waals surface area contributed by atoms with E-state index in [4.69, 9.17) is 4.74 Å². The monoisotopic (exact) mass is 182 g/mol. The normalized spacial score (nSPS) is 9.77. The Hall–Kier alpha value is -1.38. The van der Waals surface area contributed by atoms with Crippen molar-refractivity contribution in [2.75, 3.05) is 6.61 Å². The number of ether oxygens (including phenoxy) is 1. The first kappa shape index (κ1) is 9.71. The molecule has 0 spiro atoms. The van der Waals surface area contributed by atoms with Crippen LogP contribution in [0.15, 0.2) is 12.1 Å². The maximum Gasteiger partial charge on any atom is 0.153 e. The van der Waals surface area contributed by atoms with Crippen LogP contribution in [0.3, 0.4) is 0 Å². The third-order valence-corrected chi connectivity index (χ3v) is 1.68. The summed E-state index contributed by atoms with van der Waals surface area (Å²) >= 11 is 0. The summed E-state index contributed by atoms with van der Waals surface area (Å²) in [5.74, 6) is 0.0574. The SMILES string of the molecule is CCOc1c(C)cc(F)cc1C=O. The molecule has 0 bridgehead atoms. The Balaban J connectivity index is 3.21. The smallest absolute Gasteiger partial charge is 0.153 e. The fraction of sp³-hybridized carbons (Fsp3) is 0.300. The average Bonchev–Trinajstić information content (AvgIpc) is 2.09. The lowest BCUT2D eigenvalue weighted by Crippen LogP contribution is -1.99. The molecule has 1 aromatic carbocycles. The van der Waals surface area contributed by atoms with E-state index < -0.39 is 5.82 Å². The quantitative estimate of drug-likeness (QED) is 0.670. The van der Waals surface area contributed by atoms with Crippen molar-refractivity contribution >= 4 is 6.29 Å². The number of hydrogen-bond acceptors (Lipinski definition) is 2. The van der Waals surface area contributed by atoms with Crippen LogP contribution in [-0.4, -0.2) is 12.9 Å². The molecule has 1 aromatic rings. The molecule has 70 valence electrons. The van der Waals surface area contributed by atoms with Crippen LogP contribution < -0.4 is 4.74 Å². The third-order valence-electron chi connectivity index (χ3n) is 1.68. The van der Waals surface area contributed by atoms with Crippen molar-refractivity contribution in [2.24, 2.45) is 0 Å². The summed E-state index contributed by atoms with van der Waals surface area (Å²) in [7, 11) is 0. The van der Waals surface area contributed by atoms with Gasteiger partial charge in [0, 0.05) is 0 Å². The van der Waals surface area contributed by atoms with Crippen LogP contribution in [0.1, 0.15) is 22.8 Å². The Morgan fingerprint density at radius 1 is 1.54 bits per heavy atom. The molecule has 0 unspecified atom stereocenters. The van der Waals surface area contributed by atoms with E-state index in [1.165, 1.54) is 12.1 Å². The molecule has 0 saturated carbocycles. The molecule has 3 heteroatoms. The van der Waals surface area contributed by atoms with Crippen LogP contribution in [0.25, 0.3) is 0 Å². The van der Waals surface area contributed by atoms with Crippen molar-refractivity contribution in [3.05, 3.63) is 29.1 Å². The first-order valence-corrected chi connectivity index (χ1v) is 4.07. The van der Waals surface area contributed by atoms with Gasteiger partial charge in [-0.1, -0.05) is 0 Å². The lowest BCUT2D eigenvalue weighted by atomic mass is 10.1. The Labute approximate surface area is 76.3 Å². The minimum atomic E-state index is -0.414. The van der Waals surface area contributed by atoms with Gasteiger partial charge in [-0.05, 0) is 31.5 Å². The van der Waals surface area contributed by atoms with Gasteiger partial charge in [-0.25, -0.2) is 4.39 Å². The second-order valence-corrected chi connectivity index (χ2v) is 2.69. The fourth-order valence-corrected chi connectivity index (χ4v) is 1.18. The fourth-order valence-electron chi connectivity index (χ4n) is 1.18. The van der Waals surface area contributed by atoms with E-state index in [2.05, 4.69) is 0 Å². The molecule has 0 fully saturated rings. The lowest BCUT2D eigenvalue weighted by molar-refractivity contribution is 0.111. The summed E-state index contributed by atoms with van der Waals surface area (Å²) < 4.78 is 18.0. The number of hydrogen-bond donors (Lipinski definition) is 0. The number of aldehydes is 1. The lowest BCUT2D eigenvalue weighted by Gasteiger charge is -2.09. The van der Waals surface area contributed by atoms with Gasteiger partial charge in [0.2, 0.25) is 0 Å². The van der Waals surface area contributed by atoms with Gasteiger partial charge in [-0.15, -0.1) is 0 Å². The van der Waals surface area contributed by atoms with Crippen LogP contribution in [0.2, 0.25) is 0 Å². The Morgan fingerprint density at radius 3 is 2.77 bits per heavy atom. The number of benzene rings is 1. The van der Waals surface area contributed by atoms with E-state index in [0.717, 1.165) is 0 Å². The molecule has 1 rings (SSSR count). The van der Waals surface area contributed by atoms with Crippen molar-refractivity contribution < 1.29 is 13.9 Å². The highest BCUT2D eigenvalue weighted by atomic mass is 19.1. The zero-order valence-electron chi connectivity index (χ0n) is 7.63. The highest BCUT2D eigenvalue weighted by molar-refractivity contribution is 5.80. The minimum Gasteiger partial charge on any atom is -0.493 e. The molecular formula is C10H11FO2. The van der Waals surface area contributed by atoms with Gasteiger partial charge in [0.1, 0.15) is 11.6 Å². The molecule has 0 N–H and O–H groups in total. The predicted molar refractivity (Wildman–Crippen MR) is 47.7 cm³/mol. The van der Waals surface area contributed by atoms with Crippen molar-refractivity contribution in [3.63, 3.8) is 0 Å². The topological polar surface area (TPSA) is 26.3 Å². The van der Waals surface area contributed by atoms with Crippen molar-refractivity contribution in [1.82, 2.24) is 0 Å². The average molecular weight is 182 g/mol. The van der Waals surface area contributed by atoms with E-state index in [0.29, 0.717) is 24.2 Å². The van der Waals surface area contributed by atoms with Crippen LogP contribution in [0.4, 0.5) is 4.39 Å². The van der Waals surface area contributed by atoms with E-state index in [9.17, 15) is 9.18 Å². The molecule has 0 aliphatic rings. The summed E-state index contributed by atoms with van der Waals surface area (Å²) in [5.41, 5.74) is 0.906. The maximum atomic E-state index is 12.8. The molecule has 0 aromatic heterocycles. The van der Waals surface area contributed by atoms with Gasteiger partial charge < -0.3 is 4.74 Å². The van der Waals surface area contributed by atoms with E-state index in [-0.39, 0.29) is 5.56 Å². The Morgan fingerprint density at radius 2 is 2.23 bits per heavy atom. The van der Waals surface area contributed by atoms with Gasteiger partial charge in [0.15, 0.2) is 6.29 Å². The van der Waals surface area contributed by atoms with Gasteiger partial charge in [0.05, 0.1) is 12.2 Å². The summed E-state index contributed by atoms with van der Waals surface area (Å²) in [4.78, 5) is 10.6. The summed E-state index contributed by atoms with van der Waals surface area (Å²) in [6.07, 6.45) is 0.598. The van der Waals surface area contributed by atoms with Crippen molar-refractivity contribution in [1.29, 1.82) is 0 Å². The molecule has 2 nitrogen and oxygen atoms in total. The molecule has 0 aliphatic carbocycles. The maximum absolute atomic E-state index is 12.8. The first-order chi connectivity index (χ1) is 6.19. The van der Waals surface area contributed by atoms with Gasteiger partial charge in [-0.3, -0.25) is 4.79 Å². The van der Waals surface area contributed by atoms with Crippen LogP contribution in [-0.2, 0) is 0 Å².